The largest absolute Gasteiger partial charge is 0.338 e. The zero-order chi connectivity index (χ0) is 14.8. The molecule has 0 spiro atoms. The van der Waals surface area contributed by atoms with Crippen LogP contribution in [0.5, 0.6) is 0 Å². The molecular formula is C14H20F2N4O. The van der Waals surface area contributed by atoms with E-state index in [1.807, 2.05) is 0 Å². The van der Waals surface area contributed by atoms with Gasteiger partial charge in [0.05, 0.1) is 6.54 Å². The molecular weight excluding hydrogens is 278 g/mol. The Morgan fingerprint density at radius 3 is 2.57 bits per heavy atom. The Hall–Kier alpha value is -1.47. The summed E-state index contributed by atoms with van der Waals surface area (Å²) in [6.07, 6.45) is -0.915. The quantitative estimate of drug-likeness (QED) is 0.879. The zero-order valence-corrected chi connectivity index (χ0v) is 11.8. The zero-order valence-electron chi connectivity index (χ0n) is 11.8. The standard InChI is InChI=1S/C14H20F2N4O/c15-13(16)10-20-3-1-2-12(20)14(21)19-6-4-18(5-7-19)11-8-17-9-11/h1-3,11,13,17H,4-10H2. The first-order chi connectivity index (χ1) is 10.1. The second kappa shape index (κ2) is 6.11. The van der Waals surface area contributed by atoms with Crippen LogP contribution in [0.4, 0.5) is 8.78 Å². The molecule has 5 nitrogen and oxygen atoms in total. The highest BCUT2D eigenvalue weighted by Crippen LogP contribution is 2.14. The van der Waals surface area contributed by atoms with Gasteiger partial charge in [-0.2, -0.15) is 0 Å². The van der Waals surface area contributed by atoms with Crippen molar-refractivity contribution in [2.75, 3.05) is 39.3 Å². The van der Waals surface area contributed by atoms with Crippen LogP contribution in [0, 0.1) is 0 Å². The number of amides is 1. The van der Waals surface area contributed by atoms with Crippen molar-refractivity contribution < 1.29 is 13.6 Å². The molecule has 0 saturated carbocycles. The van der Waals surface area contributed by atoms with Gasteiger partial charge in [0.2, 0.25) is 0 Å². The SMILES string of the molecule is O=C(c1cccn1CC(F)F)N1CCN(C2CNC2)CC1. The highest BCUT2D eigenvalue weighted by Gasteiger charge is 2.30. The van der Waals surface area contributed by atoms with Gasteiger partial charge in [-0.25, -0.2) is 8.78 Å². The molecule has 3 rings (SSSR count). The Kier molecular flexibility index (Phi) is 4.21. The second-order valence-corrected chi connectivity index (χ2v) is 5.58. The predicted octanol–water partition coefficient (Wildman–Crippen LogP) is 0.483. The fourth-order valence-electron chi connectivity index (χ4n) is 2.90. The topological polar surface area (TPSA) is 40.5 Å². The number of hydrogen-bond acceptors (Lipinski definition) is 3. The lowest BCUT2D eigenvalue weighted by Crippen LogP contribution is -2.62. The van der Waals surface area contributed by atoms with Gasteiger partial charge in [0, 0.05) is 51.5 Å². The van der Waals surface area contributed by atoms with Gasteiger partial charge >= 0.3 is 0 Å². The van der Waals surface area contributed by atoms with Gasteiger partial charge in [0.25, 0.3) is 12.3 Å². The Morgan fingerprint density at radius 2 is 2.00 bits per heavy atom. The van der Waals surface area contributed by atoms with Crippen LogP contribution in [-0.2, 0) is 6.54 Å². The van der Waals surface area contributed by atoms with E-state index in [2.05, 4.69) is 10.2 Å². The van der Waals surface area contributed by atoms with Crippen molar-refractivity contribution in [1.82, 2.24) is 19.7 Å². The van der Waals surface area contributed by atoms with Crippen molar-refractivity contribution in [3.63, 3.8) is 0 Å². The molecule has 1 aromatic rings. The number of nitrogens with one attached hydrogen (secondary N) is 1. The molecule has 2 aliphatic rings. The summed E-state index contributed by atoms with van der Waals surface area (Å²) in [7, 11) is 0. The molecule has 21 heavy (non-hydrogen) atoms. The Bertz CT molecular complexity index is 493. The summed E-state index contributed by atoms with van der Waals surface area (Å²) in [5.74, 6) is -0.146. The van der Waals surface area contributed by atoms with Crippen molar-refractivity contribution in [2.45, 2.75) is 19.0 Å². The van der Waals surface area contributed by atoms with Crippen LogP contribution >= 0.6 is 0 Å². The number of piperazine rings is 1. The van der Waals surface area contributed by atoms with Gasteiger partial charge in [-0.05, 0) is 12.1 Å². The lowest BCUT2D eigenvalue weighted by atomic mass is 10.1. The Labute approximate surface area is 122 Å². The number of nitrogens with zero attached hydrogens (tertiary/aromatic N) is 3. The third-order valence-electron chi connectivity index (χ3n) is 4.26. The van der Waals surface area contributed by atoms with Crippen molar-refractivity contribution in [3.05, 3.63) is 24.0 Å². The van der Waals surface area contributed by atoms with Crippen LogP contribution < -0.4 is 5.32 Å². The predicted molar refractivity (Wildman–Crippen MR) is 74.6 cm³/mol. The molecule has 1 amide bonds. The molecule has 7 heteroatoms. The molecule has 1 N–H and O–H groups in total. The van der Waals surface area contributed by atoms with E-state index >= 15 is 0 Å². The third-order valence-corrected chi connectivity index (χ3v) is 4.26. The lowest BCUT2D eigenvalue weighted by molar-refractivity contribution is 0.0488. The third kappa shape index (κ3) is 3.08. The molecule has 3 heterocycles. The minimum atomic E-state index is -2.45. The van der Waals surface area contributed by atoms with E-state index in [-0.39, 0.29) is 5.91 Å². The van der Waals surface area contributed by atoms with Crippen LogP contribution in [0.1, 0.15) is 10.5 Å². The maximum absolute atomic E-state index is 12.5. The molecule has 0 aliphatic carbocycles. The molecule has 0 atom stereocenters. The average Bonchev–Trinajstić information content (AvgIpc) is 2.84. The van der Waals surface area contributed by atoms with E-state index in [4.69, 9.17) is 0 Å². The van der Waals surface area contributed by atoms with Crippen LogP contribution in [0.25, 0.3) is 0 Å². The molecule has 0 aromatic carbocycles. The van der Waals surface area contributed by atoms with E-state index in [9.17, 15) is 13.6 Å². The Morgan fingerprint density at radius 1 is 1.29 bits per heavy atom. The number of aromatic nitrogens is 1. The monoisotopic (exact) mass is 298 g/mol. The molecule has 1 aromatic heterocycles. The van der Waals surface area contributed by atoms with Gasteiger partial charge in [0.1, 0.15) is 5.69 Å². The van der Waals surface area contributed by atoms with E-state index in [0.29, 0.717) is 24.8 Å². The fraction of sp³-hybridized carbons (Fsp3) is 0.643. The minimum absolute atomic E-state index is 0.146. The molecule has 2 saturated heterocycles. The summed E-state index contributed by atoms with van der Waals surface area (Å²) in [6.45, 7) is 4.64. The van der Waals surface area contributed by atoms with E-state index in [1.54, 1.807) is 17.0 Å². The van der Waals surface area contributed by atoms with Gasteiger partial charge in [-0.1, -0.05) is 0 Å². The highest BCUT2D eigenvalue weighted by molar-refractivity contribution is 5.92. The maximum atomic E-state index is 12.5. The van der Waals surface area contributed by atoms with Crippen LogP contribution in [0.3, 0.4) is 0 Å². The first-order valence-electron chi connectivity index (χ1n) is 7.32. The van der Waals surface area contributed by atoms with Gasteiger partial charge in [-0.15, -0.1) is 0 Å². The van der Waals surface area contributed by atoms with Crippen LogP contribution in [0.15, 0.2) is 18.3 Å². The summed E-state index contributed by atoms with van der Waals surface area (Å²) in [5, 5.41) is 3.24. The maximum Gasteiger partial charge on any atom is 0.270 e. The van der Waals surface area contributed by atoms with Crippen molar-refractivity contribution in [2.24, 2.45) is 0 Å². The van der Waals surface area contributed by atoms with Crippen LogP contribution in [-0.4, -0.2) is 72.0 Å². The molecule has 116 valence electrons. The van der Waals surface area contributed by atoms with Gasteiger partial charge < -0.3 is 14.8 Å². The average molecular weight is 298 g/mol. The molecule has 2 fully saturated rings. The smallest absolute Gasteiger partial charge is 0.270 e. The summed E-state index contributed by atoms with van der Waals surface area (Å²) in [6, 6.07) is 3.85. The van der Waals surface area contributed by atoms with E-state index in [1.165, 1.54) is 10.8 Å². The first kappa shape index (κ1) is 14.5. The van der Waals surface area contributed by atoms with Gasteiger partial charge in [0.15, 0.2) is 0 Å². The fourth-order valence-corrected chi connectivity index (χ4v) is 2.90. The number of halogens is 2. The van der Waals surface area contributed by atoms with E-state index < -0.39 is 13.0 Å². The van der Waals surface area contributed by atoms with Crippen molar-refractivity contribution in [1.29, 1.82) is 0 Å². The van der Waals surface area contributed by atoms with Crippen LogP contribution in [0.2, 0.25) is 0 Å². The number of rotatable bonds is 4. The normalized spacial score (nSPS) is 20.8. The number of alkyl halides is 2. The molecule has 0 radical (unpaired) electrons. The number of carbonyl (C=O) groups is 1. The summed E-state index contributed by atoms with van der Waals surface area (Å²) < 4.78 is 26.4. The molecule has 0 bridgehead atoms. The second-order valence-electron chi connectivity index (χ2n) is 5.58. The molecule has 2 aliphatic heterocycles. The number of hydrogen-bond donors (Lipinski definition) is 1. The van der Waals surface area contributed by atoms with E-state index in [0.717, 1.165) is 26.2 Å². The van der Waals surface area contributed by atoms with Crippen molar-refractivity contribution in [3.8, 4) is 0 Å². The summed E-state index contributed by atoms with van der Waals surface area (Å²) in [5.41, 5.74) is 0.356. The highest BCUT2D eigenvalue weighted by atomic mass is 19.3. The van der Waals surface area contributed by atoms with Crippen molar-refractivity contribution >= 4 is 5.91 Å². The summed E-state index contributed by atoms with van der Waals surface area (Å²) >= 11 is 0. The lowest BCUT2D eigenvalue weighted by Gasteiger charge is -2.43. The Balaban J connectivity index is 1.60. The number of carbonyl (C=O) groups excluding carboxylic acids is 1. The first-order valence-corrected chi connectivity index (χ1v) is 7.32. The summed E-state index contributed by atoms with van der Waals surface area (Å²) in [4.78, 5) is 16.6. The van der Waals surface area contributed by atoms with Gasteiger partial charge in [-0.3, -0.25) is 9.69 Å². The molecule has 0 unspecified atom stereocenters. The minimum Gasteiger partial charge on any atom is -0.338 e.